The van der Waals surface area contributed by atoms with Crippen LogP contribution >= 0.6 is 11.8 Å². The Hall–Kier alpha value is -1.41. The number of β-lactam (4-membered cyclic amide) rings is 1. The van der Waals surface area contributed by atoms with Gasteiger partial charge in [0.25, 0.3) is 5.91 Å². The number of thioether (sulfide) groups is 1. The Balaban J connectivity index is 1.97. The van der Waals surface area contributed by atoms with Crippen LogP contribution in [0.2, 0.25) is 0 Å². The van der Waals surface area contributed by atoms with Crippen LogP contribution < -0.4 is 11.1 Å². The number of fused-ring (bicyclic) bond motifs is 1. The van der Waals surface area contributed by atoms with E-state index in [4.69, 9.17) is 5.73 Å². The average Bonchev–Trinajstić information content (AvgIpc) is 2.56. The maximum absolute atomic E-state index is 11.9. The minimum absolute atomic E-state index is 0.107. The largest absolute Gasteiger partial charge is 0.317 e. The normalized spacial score (nSPS) is 36.6. The Bertz CT molecular complexity index is 530. The van der Waals surface area contributed by atoms with Crippen LogP contribution in [0.25, 0.3) is 0 Å². The Morgan fingerprint density at radius 1 is 1.42 bits per heavy atom. The summed E-state index contributed by atoms with van der Waals surface area (Å²) < 4.78 is -0.349. The summed E-state index contributed by atoms with van der Waals surface area (Å²) in [4.78, 5) is 40.3. The number of hydrogen-bond donors (Lipinski definition) is 2. The van der Waals surface area contributed by atoms with E-state index in [1.165, 1.54) is 0 Å². The molecule has 3 amide bonds. The lowest BCUT2D eigenvalue weighted by Gasteiger charge is -2.43. The number of nitrogens with two attached hydrogens (primary N) is 1. The van der Waals surface area contributed by atoms with Crippen LogP contribution in [0.4, 0.5) is 0 Å². The van der Waals surface area contributed by atoms with Crippen molar-refractivity contribution in [2.24, 2.45) is 10.7 Å². The standard InChI is InChI=1S/C11H14N4O3S/c1-11(2)7(8-13-4(16)3-5(17)14-8)15-9(18)6(12)10(15)19-11/h6-7,10H,3,12H2,1-2H3,(H,13,14,16,17)/t6?,7?,10-/m0/s1. The molecular weight excluding hydrogens is 268 g/mol. The van der Waals surface area contributed by atoms with Gasteiger partial charge in [0.05, 0.1) is 0 Å². The van der Waals surface area contributed by atoms with E-state index in [-0.39, 0.29) is 34.2 Å². The van der Waals surface area contributed by atoms with Crippen molar-refractivity contribution in [1.82, 2.24) is 10.2 Å². The molecule has 3 heterocycles. The number of carbonyl (C=O) groups excluding carboxylic acids is 3. The predicted octanol–water partition coefficient (Wildman–Crippen LogP) is -1.18. The average molecular weight is 282 g/mol. The summed E-state index contributed by atoms with van der Waals surface area (Å²) in [6, 6.07) is -0.923. The highest BCUT2D eigenvalue weighted by atomic mass is 32.2. The number of hydrogen-bond acceptors (Lipinski definition) is 5. The number of rotatable bonds is 1. The molecule has 0 aromatic rings. The van der Waals surface area contributed by atoms with Crippen LogP contribution in [-0.2, 0) is 14.4 Å². The summed E-state index contributed by atoms with van der Waals surface area (Å²) in [6.45, 7) is 3.91. The third-order valence-electron chi connectivity index (χ3n) is 3.57. The molecule has 3 rings (SSSR count). The fraction of sp³-hybridized carbons (Fsp3) is 0.636. The van der Waals surface area contributed by atoms with Gasteiger partial charge >= 0.3 is 0 Å². The van der Waals surface area contributed by atoms with Crippen molar-refractivity contribution in [3.05, 3.63) is 0 Å². The second kappa shape index (κ2) is 3.80. The SMILES string of the molecule is CC1(C)S[C@H]2C(N)C(=O)N2C1C1=NC(=O)CC(=O)N1. The van der Waals surface area contributed by atoms with Crippen molar-refractivity contribution >= 4 is 35.3 Å². The van der Waals surface area contributed by atoms with Crippen LogP contribution in [0.15, 0.2) is 4.99 Å². The molecule has 2 unspecified atom stereocenters. The summed E-state index contributed by atoms with van der Waals surface area (Å²) in [6.07, 6.45) is -0.235. The molecule has 2 saturated heterocycles. The number of aliphatic imine (C=N–C) groups is 1. The highest BCUT2D eigenvalue weighted by Crippen LogP contribution is 2.50. The van der Waals surface area contributed by atoms with Crippen molar-refractivity contribution in [2.45, 2.75) is 42.5 Å². The maximum atomic E-state index is 11.9. The predicted molar refractivity (Wildman–Crippen MR) is 69.3 cm³/mol. The zero-order valence-electron chi connectivity index (χ0n) is 10.5. The van der Waals surface area contributed by atoms with Gasteiger partial charge in [-0.25, -0.2) is 0 Å². The third kappa shape index (κ3) is 1.70. The second-order valence-electron chi connectivity index (χ2n) is 5.40. The first kappa shape index (κ1) is 12.6. The molecular formula is C11H14N4O3S. The Kier molecular flexibility index (Phi) is 2.52. The molecule has 2 fully saturated rings. The van der Waals surface area contributed by atoms with Gasteiger partial charge in [-0.05, 0) is 13.8 Å². The zero-order chi connectivity index (χ0) is 13.9. The molecule has 0 aromatic heterocycles. The molecule has 0 radical (unpaired) electrons. The molecule has 0 spiro atoms. The van der Waals surface area contributed by atoms with Gasteiger partial charge in [0, 0.05) is 4.75 Å². The molecule has 0 bridgehead atoms. The first-order valence-electron chi connectivity index (χ1n) is 5.98. The van der Waals surface area contributed by atoms with Gasteiger partial charge in [-0.3, -0.25) is 14.4 Å². The quantitative estimate of drug-likeness (QED) is 0.465. The number of amidine groups is 1. The van der Waals surface area contributed by atoms with Crippen LogP contribution in [-0.4, -0.2) is 50.7 Å². The minimum atomic E-state index is -0.509. The molecule has 0 aliphatic carbocycles. The minimum Gasteiger partial charge on any atom is -0.317 e. The highest BCUT2D eigenvalue weighted by Gasteiger charge is 2.62. The summed E-state index contributed by atoms with van der Waals surface area (Å²) >= 11 is 1.57. The molecule has 19 heavy (non-hydrogen) atoms. The number of amides is 3. The molecule has 3 aliphatic rings. The van der Waals surface area contributed by atoms with Crippen molar-refractivity contribution in [1.29, 1.82) is 0 Å². The Labute approximate surface area is 114 Å². The van der Waals surface area contributed by atoms with Gasteiger partial charge in [0.15, 0.2) is 0 Å². The molecule has 3 aliphatic heterocycles. The lowest BCUT2D eigenvalue weighted by Crippen LogP contribution is -2.70. The summed E-state index contributed by atoms with van der Waals surface area (Å²) in [5, 5.41) is 2.50. The number of carbonyl (C=O) groups is 3. The van der Waals surface area contributed by atoms with E-state index in [1.807, 2.05) is 13.8 Å². The Morgan fingerprint density at radius 2 is 2.11 bits per heavy atom. The lowest BCUT2D eigenvalue weighted by atomic mass is 9.94. The smallest absolute Gasteiger partial charge is 0.256 e. The van der Waals surface area contributed by atoms with Crippen molar-refractivity contribution in [3.63, 3.8) is 0 Å². The van der Waals surface area contributed by atoms with Crippen LogP contribution in [0.1, 0.15) is 20.3 Å². The van der Waals surface area contributed by atoms with Gasteiger partial charge in [-0.15, -0.1) is 11.8 Å². The maximum Gasteiger partial charge on any atom is 0.256 e. The van der Waals surface area contributed by atoms with Gasteiger partial charge in [0.1, 0.15) is 29.7 Å². The topological polar surface area (TPSA) is 105 Å². The molecule has 7 nitrogen and oxygen atoms in total. The fourth-order valence-corrected chi connectivity index (χ4v) is 4.32. The van der Waals surface area contributed by atoms with Crippen LogP contribution in [0.3, 0.4) is 0 Å². The number of nitrogens with one attached hydrogen (secondary N) is 1. The molecule has 3 atom stereocenters. The van der Waals surface area contributed by atoms with Gasteiger partial charge in [-0.1, -0.05) is 0 Å². The van der Waals surface area contributed by atoms with Crippen LogP contribution in [0.5, 0.6) is 0 Å². The molecule has 0 aromatic carbocycles. The highest BCUT2D eigenvalue weighted by molar-refractivity contribution is 8.01. The van der Waals surface area contributed by atoms with Crippen LogP contribution in [0, 0.1) is 0 Å². The van der Waals surface area contributed by atoms with E-state index in [1.54, 1.807) is 16.7 Å². The van der Waals surface area contributed by atoms with Gasteiger partial charge in [0.2, 0.25) is 11.8 Å². The van der Waals surface area contributed by atoms with E-state index >= 15 is 0 Å². The number of nitrogens with zero attached hydrogens (tertiary/aromatic N) is 2. The van der Waals surface area contributed by atoms with E-state index in [2.05, 4.69) is 10.3 Å². The third-order valence-corrected chi connectivity index (χ3v) is 5.16. The van der Waals surface area contributed by atoms with E-state index in [0.717, 1.165) is 0 Å². The fourth-order valence-electron chi connectivity index (χ4n) is 2.74. The van der Waals surface area contributed by atoms with Crippen molar-refractivity contribution in [3.8, 4) is 0 Å². The molecule has 102 valence electrons. The van der Waals surface area contributed by atoms with Gasteiger partial charge < -0.3 is 16.0 Å². The monoisotopic (exact) mass is 282 g/mol. The summed E-state index contributed by atoms with van der Waals surface area (Å²) in [5.41, 5.74) is 5.77. The first-order chi connectivity index (χ1) is 8.81. The Morgan fingerprint density at radius 3 is 2.74 bits per heavy atom. The first-order valence-corrected chi connectivity index (χ1v) is 6.86. The molecule has 3 N–H and O–H groups in total. The van der Waals surface area contributed by atoms with Crippen molar-refractivity contribution in [2.75, 3.05) is 0 Å². The lowest BCUT2D eigenvalue weighted by molar-refractivity contribution is -0.145. The molecule has 0 saturated carbocycles. The van der Waals surface area contributed by atoms with Gasteiger partial charge in [-0.2, -0.15) is 4.99 Å². The second-order valence-corrected chi connectivity index (χ2v) is 7.17. The van der Waals surface area contributed by atoms with Crippen molar-refractivity contribution < 1.29 is 14.4 Å². The zero-order valence-corrected chi connectivity index (χ0v) is 11.4. The summed E-state index contributed by atoms with van der Waals surface area (Å²) in [5.74, 6) is -0.749. The van der Waals surface area contributed by atoms with E-state index < -0.39 is 18.0 Å². The summed E-state index contributed by atoms with van der Waals surface area (Å²) in [7, 11) is 0. The van der Waals surface area contributed by atoms with E-state index in [0.29, 0.717) is 0 Å². The molecule has 8 heteroatoms. The van der Waals surface area contributed by atoms with E-state index in [9.17, 15) is 14.4 Å².